The van der Waals surface area contributed by atoms with Gasteiger partial charge in [0.2, 0.25) is 0 Å². The van der Waals surface area contributed by atoms with Gasteiger partial charge in [-0.1, -0.05) is 71.0 Å². The Morgan fingerprint density at radius 3 is 1.92 bits per heavy atom. The largest absolute Gasteiger partial charge is 0.508 e. The molecular weight excluding hydrogens is 292 g/mol. The molecule has 130 valence electrons. The van der Waals surface area contributed by atoms with Crippen LogP contribution in [0.5, 0.6) is 5.75 Å². The summed E-state index contributed by atoms with van der Waals surface area (Å²) in [5, 5.41) is 10.1. The van der Waals surface area contributed by atoms with Crippen molar-refractivity contribution >= 4 is 0 Å². The monoisotopic (exact) mass is 324 g/mol. The van der Waals surface area contributed by atoms with Crippen molar-refractivity contribution in [3.8, 4) is 5.75 Å². The molecule has 1 nitrogen and oxygen atoms in total. The van der Waals surface area contributed by atoms with Crippen molar-refractivity contribution in [3.05, 3.63) is 65.2 Å². The fraction of sp³-hybridized carbons (Fsp3) is 0.478. The van der Waals surface area contributed by atoms with Gasteiger partial charge in [-0.15, -0.1) is 0 Å². The zero-order valence-electron chi connectivity index (χ0n) is 15.9. The topological polar surface area (TPSA) is 20.2 Å². The van der Waals surface area contributed by atoms with E-state index >= 15 is 0 Å². The quantitative estimate of drug-likeness (QED) is 0.672. The van der Waals surface area contributed by atoms with Gasteiger partial charge in [0.05, 0.1) is 0 Å². The van der Waals surface area contributed by atoms with Crippen LogP contribution in [0.25, 0.3) is 0 Å². The number of aryl methyl sites for hydroxylation is 1. The average molecular weight is 325 g/mol. The Morgan fingerprint density at radius 1 is 0.750 bits per heavy atom. The Kier molecular flexibility index (Phi) is 5.74. The molecule has 0 spiro atoms. The Hall–Kier alpha value is -1.76. The van der Waals surface area contributed by atoms with Gasteiger partial charge < -0.3 is 5.11 Å². The highest BCUT2D eigenvalue weighted by molar-refractivity contribution is 5.34. The lowest BCUT2D eigenvalue weighted by Gasteiger charge is -2.26. The van der Waals surface area contributed by atoms with Crippen molar-refractivity contribution in [1.29, 1.82) is 0 Å². The van der Waals surface area contributed by atoms with Gasteiger partial charge in [0.1, 0.15) is 5.75 Å². The predicted octanol–water partition coefficient (Wildman–Crippen LogP) is 6.18. The van der Waals surface area contributed by atoms with Gasteiger partial charge in [0, 0.05) is 0 Å². The zero-order chi connectivity index (χ0) is 17.8. The molecule has 0 aliphatic carbocycles. The van der Waals surface area contributed by atoms with Crippen molar-refractivity contribution in [2.45, 2.75) is 60.3 Å². The first-order chi connectivity index (χ1) is 11.1. The molecule has 24 heavy (non-hydrogen) atoms. The summed E-state index contributed by atoms with van der Waals surface area (Å²) >= 11 is 0. The van der Waals surface area contributed by atoms with Crippen LogP contribution in [-0.2, 0) is 19.3 Å². The van der Waals surface area contributed by atoms with Gasteiger partial charge in [-0.05, 0) is 65.3 Å². The molecule has 1 N–H and O–H groups in total. The van der Waals surface area contributed by atoms with Gasteiger partial charge >= 0.3 is 0 Å². The standard InChI is InChI=1S/C23H32O/c1-22(2,3)16-19-13-20(15-21(24)14-19)17-23(4,5)12-11-18-9-7-6-8-10-18/h6-10,13-15,24H,11-12,16-17H2,1-5H3. The molecule has 0 amide bonds. The number of phenols is 1. The second kappa shape index (κ2) is 7.42. The summed E-state index contributed by atoms with van der Waals surface area (Å²) in [7, 11) is 0. The lowest BCUT2D eigenvalue weighted by Crippen LogP contribution is -2.16. The van der Waals surface area contributed by atoms with Crippen molar-refractivity contribution in [2.75, 3.05) is 0 Å². The highest BCUT2D eigenvalue weighted by Gasteiger charge is 2.20. The fourth-order valence-corrected chi connectivity index (χ4v) is 3.33. The van der Waals surface area contributed by atoms with Crippen LogP contribution in [0, 0.1) is 10.8 Å². The van der Waals surface area contributed by atoms with E-state index in [4.69, 9.17) is 0 Å². The molecule has 2 aromatic carbocycles. The van der Waals surface area contributed by atoms with Gasteiger partial charge in [0.15, 0.2) is 0 Å². The molecular formula is C23H32O. The van der Waals surface area contributed by atoms with Crippen LogP contribution in [0.1, 0.15) is 57.7 Å². The van der Waals surface area contributed by atoms with Gasteiger partial charge in [-0.2, -0.15) is 0 Å². The minimum absolute atomic E-state index is 0.211. The molecule has 0 aliphatic rings. The normalized spacial score (nSPS) is 12.4. The highest BCUT2D eigenvalue weighted by Crippen LogP contribution is 2.31. The molecule has 0 radical (unpaired) electrons. The van der Waals surface area contributed by atoms with Gasteiger partial charge in [-0.25, -0.2) is 0 Å². The van der Waals surface area contributed by atoms with E-state index in [2.05, 4.69) is 71.0 Å². The van der Waals surface area contributed by atoms with E-state index in [0.717, 1.165) is 25.7 Å². The number of aromatic hydroxyl groups is 1. The summed E-state index contributed by atoms with van der Waals surface area (Å²) in [5.41, 5.74) is 4.31. The number of phenolic OH excluding ortho intramolecular Hbond substituents is 1. The second-order valence-corrected chi connectivity index (χ2v) is 9.07. The number of benzene rings is 2. The minimum atomic E-state index is 0.211. The minimum Gasteiger partial charge on any atom is -0.508 e. The van der Waals surface area contributed by atoms with Crippen molar-refractivity contribution < 1.29 is 5.11 Å². The molecule has 0 aliphatic heterocycles. The molecule has 1 heteroatoms. The van der Waals surface area contributed by atoms with Crippen LogP contribution < -0.4 is 0 Å². The maximum Gasteiger partial charge on any atom is 0.116 e. The van der Waals surface area contributed by atoms with Crippen LogP contribution >= 0.6 is 0 Å². The third-order valence-corrected chi connectivity index (χ3v) is 4.39. The number of hydrogen-bond acceptors (Lipinski definition) is 1. The van der Waals surface area contributed by atoms with Gasteiger partial charge in [0.25, 0.3) is 0 Å². The van der Waals surface area contributed by atoms with E-state index in [1.807, 2.05) is 12.1 Å². The van der Waals surface area contributed by atoms with Crippen molar-refractivity contribution in [2.24, 2.45) is 10.8 Å². The zero-order valence-corrected chi connectivity index (χ0v) is 15.9. The van der Waals surface area contributed by atoms with E-state index in [1.165, 1.54) is 16.7 Å². The second-order valence-electron chi connectivity index (χ2n) is 9.07. The number of hydrogen-bond donors (Lipinski definition) is 1. The third kappa shape index (κ3) is 6.39. The molecule has 0 atom stereocenters. The Balaban J connectivity index is 2.05. The summed E-state index contributed by atoms with van der Waals surface area (Å²) in [6.45, 7) is 11.4. The summed E-state index contributed by atoms with van der Waals surface area (Å²) < 4.78 is 0. The lowest BCUT2D eigenvalue weighted by molar-refractivity contribution is 0.332. The molecule has 0 heterocycles. The lowest BCUT2D eigenvalue weighted by atomic mass is 9.79. The van der Waals surface area contributed by atoms with Crippen molar-refractivity contribution in [1.82, 2.24) is 0 Å². The Bertz CT molecular complexity index is 647. The van der Waals surface area contributed by atoms with Crippen LogP contribution in [0.2, 0.25) is 0 Å². The maximum atomic E-state index is 10.1. The van der Waals surface area contributed by atoms with Crippen LogP contribution in [-0.4, -0.2) is 5.11 Å². The van der Waals surface area contributed by atoms with E-state index < -0.39 is 0 Å². The van der Waals surface area contributed by atoms with Crippen LogP contribution in [0.15, 0.2) is 48.5 Å². The van der Waals surface area contributed by atoms with Crippen molar-refractivity contribution in [3.63, 3.8) is 0 Å². The van der Waals surface area contributed by atoms with E-state index in [0.29, 0.717) is 5.75 Å². The highest BCUT2D eigenvalue weighted by atomic mass is 16.3. The molecule has 0 bridgehead atoms. The molecule has 0 saturated carbocycles. The van der Waals surface area contributed by atoms with E-state index in [1.54, 1.807) is 0 Å². The summed E-state index contributed by atoms with van der Waals surface area (Å²) in [5.74, 6) is 0.394. The molecule has 2 rings (SSSR count). The predicted molar refractivity (Wildman–Crippen MR) is 104 cm³/mol. The summed E-state index contributed by atoms with van der Waals surface area (Å²) in [4.78, 5) is 0. The smallest absolute Gasteiger partial charge is 0.116 e. The summed E-state index contributed by atoms with van der Waals surface area (Å²) in [6, 6.07) is 16.8. The maximum absolute atomic E-state index is 10.1. The molecule has 0 unspecified atom stereocenters. The Labute approximate surface area is 147 Å². The SMILES string of the molecule is CC(C)(C)Cc1cc(O)cc(CC(C)(C)CCc2ccccc2)c1. The first-order valence-corrected chi connectivity index (χ1v) is 8.99. The number of rotatable bonds is 6. The first-order valence-electron chi connectivity index (χ1n) is 8.99. The fourth-order valence-electron chi connectivity index (χ4n) is 3.33. The van der Waals surface area contributed by atoms with Crippen LogP contribution in [0.3, 0.4) is 0 Å². The first kappa shape index (κ1) is 18.6. The van der Waals surface area contributed by atoms with Gasteiger partial charge in [-0.3, -0.25) is 0 Å². The van der Waals surface area contributed by atoms with E-state index in [9.17, 15) is 5.11 Å². The Morgan fingerprint density at radius 2 is 1.33 bits per heavy atom. The molecule has 0 aromatic heterocycles. The van der Waals surface area contributed by atoms with E-state index in [-0.39, 0.29) is 10.8 Å². The molecule has 0 fully saturated rings. The molecule has 0 saturated heterocycles. The summed E-state index contributed by atoms with van der Waals surface area (Å²) in [6.07, 6.45) is 4.22. The average Bonchev–Trinajstić information content (AvgIpc) is 2.43. The van der Waals surface area contributed by atoms with Crippen LogP contribution in [0.4, 0.5) is 0 Å². The third-order valence-electron chi connectivity index (χ3n) is 4.39. The molecule has 2 aromatic rings.